The molecule has 3 N–H and O–H groups in total. The Morgan fingerprint density at radius 3 is 2.50 bits per heavy atom. The van der Waals surface area contributed by atoms with Gasteiger partial charge in [0, 0.05) is 57.8 Å². The first-order valence-corrected chi connectivity index (χ1v) is 11.0. The summed E-state index contributed by atoms with van der Waals surface area (Å²) in [5.41, 5.74) is 9.49. The lowest BCUT2D eigenvalue weighted by Crippen LogP contribution is -2.53. The molecule has 3 heterocycles. The Labute approximate surface area is 170 Å². The number of hydrogen-bond donors (Lipinski definition) is 3. The lowest BCUT2D eigenvalue weighted by atomic mass is 9.79. The summed E-state index contributed by atoms with van der Waals surface area (Å²) in [5, 5.41) is 11.2. The Kier molecular flexibility index (Phi) is 5.83. The molecule has 3 aliphatic heterocycles. The summed E-state index contributed by atoms with van der Waals surface area (Å²) in [7, 11) is 0. The number of benzene rings is 1. The number of piperidine rings is 1. The minimum absolute atomic E-state index is 0.259. The van der Waals surface area contributed by atoms with Crippen LogP contribution < -0.4 is 10.9 Å². The van der Waals surface area contributed by atoms with Gasteiger partial charge in [0.1, 0.15) is 0 Å². The Bertz CT molecular complexity index is 663. The molecule has 5 nitrogen and oxygen atoms in total. The molecule has 2 saturated heterocycles. The quantitative estimate of drug-likeness (QED) is 0.739. The van der Waals surface area contributed by atoms with Gasteiger partial charge in [-0.2, -0.15) is 0 Å². The van der Waals surface area contributed by atoms with Gasteiger partial charge >= 0.3 is 0 Å². The van der Waals surface area contributed by atoms with Crippen LogP contribution in [-0.4, -0.2) is 65.8 Å². The lowest BCUT2D eigenvalue weighted by molar-refractivity contribution is -0.0504. The van der Waals surface area contributed by atoms with E-state index in [9.17, 15) is 5.11 Å². The molecule has 0 aliphatic carbocycles. The van der Waals surface area contributed by atoms with Crippen molar-refractivity contribution in [3.63, 3.8) is 0 Å². The number of nitrogens with one attached hydrogen (secondary N) is 2. The van der Waals surface area contributed by atoms with Gasteiger partial charge in [-0.3, -0.25) is 15.8 Å². The second-order valence-electron chi connectivity index (χ2n) is 10.4. The number of hydrogen-bond acceptors (Lipinski definition) is 5. The molecule has 0 spiro atoms. The third-order valence-electron chi connectivity index (χ3n) is 7.03. The Balaban J connectivity index is 1.28. The first kappa shape index (κ1) is 20.3. The molecule has 4 rings (SSSR count). The highest BCUT2D eigenvalue weighted by atomic mass is 16.3. The maximum Gasteiger partial charge on any atom is 0.0798 e. The van der Waals surface area contributed by atoms with E-state index in [1.807, 2.05) is 0 Å². The van der Waals surface area contributed by atoms with E-state index in [0.717, 1.165) is 65.1 Å². The topological polar surface area (TPSA) is 50.8 Å². The molecular formula is C23H38N4O. The van der Waals surface area contributed by atoms with Crippen molar-refractivity contribution in [1.82, 2.24) is 20.7 Å². The SMILES string of the molecule is CC(C)(C)C1NNCC1CN1CCC(O)(CN2CCc3ccccc3C2)CC1. The van der Waals surface area contributed by atoms with E-state index in [4.69, 9.17) is 0 Å². The molecule has 2 atom stereocenters. The van der Waals surface area contributed by atoms with Crippen LogP contribution in [0.25, 0.3) is 0 Å². The number of β-amino-alcohol motifs (C(OH)–C–C–N with tert-alkyl or cyclic N) is 1. The molecule has 28 heavy (non-hydrogen) atoms. The molecule has 156 valence electrons. The number of fused-ring (bicyclic) bond motifs is 1. The summed E-state index contributed by atoms with van der Waals surface area (Å²) in [6, 6.07) is 9.26. The maximum atomic E-state index is 11.2. The highest BCUT2D eigenvalue weighted by Crippen LogP contribution is 2.30. The number of likely N-dealkylation sites (tertiary alicyclic amines) is 1. The van der Waals surface area contributed by atoms with Crippen LogP contribution in [0.4, 0.5) is 0 Å². The molecule has 1 aromatic rings. The van der Waals surface area contributed by atoms with Crippen LogP contribution in [0.3, 0.4) is 0 Å². The van der Waals surface area contributed by atoms with Gasteiger partial charge in [-0.15, -0.1) is 0 Å². The van der Waals surface area contributed by atoms with Crippen molar-refractivity contribution in [3.8, 4) is 0 Å². The highest BCUT2D eigenvalue weighted by Gasteiger charge is 2.39. The van der Waals surface area contributed by atoms with Gasteiger partial charge in [0.05, 0.1) is 5.60 Å². The summed E-state index contributed by atoms with van der Waals surface area (Å²) >= 11 is 0. The molecule has 3 aliphatic rings. The van der Waals surface area contributed by atoms with Crippen LogP contribution in [0.5, 0.6) is 0 Å². The third-order valence-corrected chi connectivity index (χ3v) is 7.03. The van der Waals surface area contributed by atoms with Gasteiger partial charge in [-0.25, -0.2) is 0 Å². The predicted octanol–water partition coefficient (Wildman–Crippen LogP) is 2.01. The van der Waals surface area contributed by atoms with Crippen molar-refractivity contribution >= 4 is 0 Å². The molecule has 1 aromatic carbocycles. The Morgan fingerprint density at radius 1 is 1.07 bits per heavy atom. The van der Waals surface area contributed by atoms with Crippen molar-refractivity contribution in [2.24, 2.45) is 11.3 Å². The summed E-state index contributed by atoms with van der Waals surface area (Å²) < 4.78 is 0. The van der Waals surface area contributed by atoms with E-state index in [0.29, 0.717) is 12.0 Å². The van der Waals surface area contributed by atoms with Gasteiger partial charge < -0.3 is 10.0 Å². The number of rotatable bonds is 4. The summed E-state index contributed by atoms with van der Waals surface area (Å²) in [6.07, 6.45) is 2.88. The Morgan fingerprint density at radius 2 is 1.79 bits per heavy atom. The lowest BCUT2D eigenvalue weighted by Gasteiger charge is -2.43. The standard InChI is InChI=1S/C23H38N4O/c1-22(2,3)21-20(14-24-25-21)16-26-12-9-23(28,10-13-26)17-27-11-8-18-6-4-5-7-19(18)15-27/h4-7,20-21,24-25,28H,8-17H2,1-3H3. The molecule has 2 unspecified atom stereocenters. The van der Waals surface area contributed by atoms with Crippen LogP contribution >= 0.6 is 0 Å². The molecule has 0 saturated carbocycles. The van der Waals surface area contributed by atoms with Crippen molar-refractivity contribution in [3.05, 3.63) is 35.4 Å². The van der Waals surface area contributed by atoms with E-state index in [-0.39, 0.29) is 5.41 Å². The summed E-state index contributed by atoms with van der Waals surface area (Å²) in [6.45, 7) is 14.0. The number of hydrazine groups is 1. The van der Waals surface area contributed by atoms with E-state index < -0.39 is 5.60 Å². The van der Waals surface area contributed by atoms with Crippen molar-refractivity contribution in [2.45, 2.75) is 58.2 Å². The zero-order chi connectivity index (χ0) is 19.8. The first-order chi connectivity index (χ1) is 13.3. The smallest absolute Gasteiger partial charge is 0.0798 e. The number of nitrogens with zero attached hydrogens (tertiary/aromatic N) is 2. The maximum absolute atomic E-state index is 11.2. The highest BCUT2D eigenvalue weighted by molar-refractivity contribution is 5.29. The van der Waals surface area contributed by atoms with E-state index in [1.54, 1.807) is 0 Å². The van der Waals surface area contributed by atoms with Crippen LogP contribution in [0.15, 0.2) is 24.3 Å². The average Bonchev–Trinajstić information content (AvgIpc) is 3.12. The fraction of sp³-hybridized carbons (Fsp3) is 0.739. The third kappa shape index (κ3) is 4.60. The molecule has 0 aromatic heterocycles. The van der Waals surface area contributed by atoms with Crippen LogP contribution in [0.1, 0.15) is 44.7 Å². The first-order valence-electron chi connectivity index (χ1n) is 11.0. The fourth-order valence-electron chi connectivity index (χ4n) is 5.38. The molecule has 0 bridgehead atoms. The van der Waals surface area contributed by atoms with Gasteiger partial charge in [-0.1, -0.05) is 45.0 Å². The minimum atomic E-state index is -0.529. The zero-order valence-corrected chi connectivity index (χ0v) is 17.9. The average molecular weight is 387 g/mol. The van der Waals surface area contributed by atoms with Gasteiger partial charge in [0.15, 0.2) is 0 Å². The fourth-order valence-corrected chi connectivity index (χ4v) is 5.38. The number of aliphatic hydroxyl groups is 1. The predicted molar refractivity (Wildman–Crippen MR) is 114 cm³/mol. The van der Waals surface area contributed by atoms with E-state index in [1.165, 1.54) is 11.1 Å². The van der Waals surface area contributed by atoms with E-state index >= 15 is 0 Å². The Hall–Kier alpha value is -0.980. The van der Waals surface area contributed by atoms with Crippen molar-refractivity contribution < 1.29 is 5.11 Å². The molecule has 2 fully saturated rings. The molecule has 5 heteroatoms. The zero-order valence-electron chi connectivity index (χ0n) is 17.9. The molecule has 0 radical (unpaired) electrons. The van der Waals surface area contributed by atoms with Gasteiger partial charge in [-0.05, 0) is 35.8 Å². The summed E-state index contributed by atoms with van der Waals surface area (Å²) in [5.74, 6) is 0.629. The largest absolute Gasteiger partial charge is 0.388 e. The molecular weight excluding hydrogens is 348 g/mol. The second kappa shape index (κ2) is 8.04. The monoisotopic (exact) mass is 386 g/mol. The van der Waals surface area contributed by atoms with Crippen molar-refractivity contribution in [1.29, 1.82) is 0 Å². The van der Waals surface area contributed by atoms with Crippen LogP contribution in [0, 0.1) is 11.3 Å². The van der Waals surface area contributed by atoms with Crippen LogP contribution in [-0.2, 0) is 13.0 Å². The van der Waals surface area contributed by atoms with Crippen LogP contribution in [0.2, 0.25) is 0 Å². The van der Waals surface area contributed by atoms with E-state index in [2.05, 4.69) is 65.7 Å². The minimum Gasteiger partial charge on any atom is -0.388 e. The second-order valence-corrected chi connectivity index (χ2v) is 10.4. The molecule has 0 amide bonds. The van der Waals surface area contributed by atoms with Crippen molar-refractivity contribution in [2.75, 3.05) is 39.3 Å². The van der Waals surface area contributed by atoms with Gasteiger partial charge in [0.2, 0.25) is 0 Å². The van der Waals surface area contributed by atoms with Gasteiger partial charge in [0.25, 0.3) is 0 Å². The normalized spacial score (nSPS) is 29.0. The summed E-state index contributed by atoms with van der Waals surface area (Å²) in [4.78, 5) is 5.02.